The van der Waals surface area contributed by atoms with Gasteiger partial charge in [0.2, 0.25) is 0 Å². The van der Waals surface area contributed by atoms with Crippen molar-refractivity contribution in [3.63, 3.8) is 0 Å². The molecule has 1 aromatic carbocycles. The van der Waals surface area contributed by atoms with Gasteiger partial charge in [0.15, 0.2) is 0 Å². The predicted molar refractivity (Wildman–Crippen MR) is 62.7 cm³/mol. The van der Waals surface area contributed by atoms with E-state index < -0.39 is 17.9 Å². The van der Waals surface area contributed by atoms with Crippen LogP contribution in [0.2, 0.25) is 0 Å². The molecule has 18 heavy (non-hydrogen) atoms. The maximum Gasteiger partial charge on any atom is 0.255 e. The number of alkyl halides is 2. The lowest BCUT2D eigenvalue weighted by Crippen LogP contribution is -2.35. The summed E-state index contributed by atoms with van der Waals surface area (Å²) in [7, 11) is 0. The Kier molecular flexibility index (Phi) is 2.87. The van der Waals surface area contributed by atoms with Crippen LogP contribution in [0.4, 0.5) is 8.78 Å². The van der Waals surface area contributed by atoms with Gasteiger partial charge in [-0.25, -0.2) is 8.78 Å². The monoisotopic (exact) mass is 254 g/mol. The first kappa shape index (κ1) is 12.1. The van der Waals surface area contributed by atoms with Crippen LogP contribution in [0.5, 0.6) is 0 Å². The number of ether oxygens (including phenoxy) is 1. The van der Waals surface area contributed by atoms with Crippen molar-refractivity contribution in [2.75, 3.05) is 6.61 Å². The minimum absolute atomic E-state index is 0.0760. The highest BCUT2D eigenvalue weighted by Gasteiger charge is 2.45. The summed E-state index contributed by atoms with van der Waals surface area (Å²) in [5.74, 6) is -3.60. The third kappa shape index (κ3) is 2.27. The average molecular weight is 254 g/mol. The molecule has 0 aromatic heterocycles. The van der Waals surface area contributed by atoms with Crippen molar-refractivity contribution in [3.05, 3.63) is 35.4 Å². The van der Waals surface area contributed by atoms with Gasteiger partial charge in [-0.1, -0.05) is 24.3 Å². The summed E-state index contributed by atoms with van der Waals surface area (Å²) < 4.78 is 33.0. The number of hydrogen-bond acceptors (Lipinski definition) is 2. The Bertz CT molecular complexity index is 443. The number of epoxide rings is 1. The predicted octanol–water partition coefficient (Wildman–Crippen LogP) is 3.02. The average Bonchev–Trinajstić information content (AvgIpc) is 3.17. The SMILES string of the molecule is OC1CCC(F)(F)C(c2cccc([C@H]3CO3)c2)C1. The van der Waals surface area contributed by atoms with Crippen LogP contribution in [0.25, 0.3) is 0 Å². The van der Waals surface area contributed by atoms with Gasteiger partial charge in [-0.3, -0.25) is 0 Å². The minimum atomic E-state index is -2.72. The van der Waals surface area contributed by atoms with Crippen molar-refractivity contribution in [2.24, 2.45) is 0 Å². The van der Waals surface area contributed by atoms with E-state index in [1.165, 1.54) is 0 Å². The highest BCUT2D eigenvalue weighted by molar-refractivity contribution is 5.31. The number of rotatable bonds is 2. The fourth-order valence-electron chi connectivity index (χ4n) is 2.69. The zero-order chi connectivity index (χ0) is 12.8. The fraction of sp³-hybridized carbons (Fsp3) is 0.571. The van der Waals surface area contributed by atoms with Crippen molar-refractivity contribution in [3.8, 4) is 0 Å². The Morgan fingerprint density at radius 2 is 2.00 bits per heavy atom. The Morgan fingerprint density at radius 3 is 2.72 bits per heavy atom. The number of halogens is 2. The zero-order valence-electron chi connectivity index (χ0n) is 9.98. The van der Waals surface area contributed by atoms with E-state index in [0.29, 0.717) is 12.2 Å². The van der Waals surface area contributed by atoms with Gasteiger partial charge in [-0.2, -0.15) is 0 Å². The standard InChI is InChI=1S/C14H16F2O2/c15-14(16)5-4-11(17)7-12(14)9-2-1-3-10(6-9)13-8-18-13/h1-3,6,11-13,17H,4-5,7-8H2/t11?,12?,13-/m1/s1. The van der Waals surface area contributed by atoms with E-state index in [4.69, 9.17) is 4.74 Å². The van der Waals surface area contributed by atoms with Crippen LogP contribution in [-0.2, 0) is 4.74 Å². The van der Waals surface area contributed by atoms with Gasteiger partial charge in [-0.15, -0.1) is 0 Å². The van der Waals surface area contributed by atoms with Gasteiger partial charge >= 0.3 is 0 Å². The first-order valence-electron chi connectivity index (χ1n) is 6.33. The molecule has 1 saturated carbocycles. The molecule has 0 radical (unpaired) electrons. The van der Waals surface area contributed by atoms with E-state index in [0.717, 1.165) is 5.56 Å². The Balaban J connectivity index is 1.89. The van der Waals surface area contributed by atoms with E-state index in [1.54, 1.807) is 18.2 Å². The first-order chi connectivity index (χ1) is 8.56. The molecular weight excluding hydrogens is 238 g/mol. The molecular formula is C14H16F2O2. The number of benzene rings is 1. The molecule has 2 nitrogen and oxygen atoms in total. The van der Waals surface area contributed by atoms with Crippen LogP contribution in [0.1, 0.15) is 42.4 Å². The second-order valence-electron chi connectivity index (χ2n) is 5.23. The molecule has 0 spiro atoms. The van der Waals surface area contributed by atoms with E-state index in [1.807, 2.05) is 6.07 Å². The van der Waals surface area contributed by atoms with E-state index in [9.17, 15) is 13.9 Å². The second kappa shape index (κ2) is 4.28. The number of aliphatic hydroxyl groups is 1. The summed E-state index contributed by atoms with van der Waals surface area (Å²) in [6, 6.07) is 7.22. The van der Waals surface area contributed by atoms with Crippen molar-refractivity contribution in [2.45, 2.75) is 43.3 Å². The summed E-state index contributed by atoms with van der Waals surface area (Å²) in [5, 5.41) is 9.61. The molecule has 2 unspecified atom stereocenters. The summed E-state index contributed by atoms with van der Waals surface area (Å²) in [5.41, 5.74) is 1.58. The molecule has 3 rings (SSSR count). The summed E-state index contributed by atoms with van der Waals surface area (Å²) in [6.45, 7) is 0.674. The quantitative estimate of drug-likeness (QED) is 0.823. The second-order valence-corrected chi connectivity index (χ2v) is 5.23. The molecule has 1 aliphatic carbocycles. The van der Waals surface area contributed by atoms with Gasteiger partial charge in [0.1, 0.15) is 6.10 Å². The van der Waals surface area contributed by atoms with E-state index in [2.05, 4.69) is 0 Å². The van der Waals surface area contributed by atoms with Gasteiger partial charge in [-0.05, 0) is 24.0 Å². The molecule has 2 fully saturated rings. The molecule has 1 aliphatic heterocycles. The third-order valence-electron chi connectivity index (χ3n) is 3.85. The number of aliphatic hydroxyl groups excluding tert-OH is 1. The van der Waals surface area contributed by atoms with Gasteiger partial charge in [0.25, 0.3) is 5.92 Å². The third-order valence-corrected chi connectivity index (χ3v) is 3.85. The van der Waals surface area contributed by atoms with Crippen LogP contribution >= 0.6 is 0 Å². The van der Waals surface area contributed by atoms with Crippen molar-refractivity contribution >= 4 is 0 Å². The van der Waals surface area contributed by atoms with Crippen LogP contribution in [0, 0.1) is 0 Å². The summed E-state index contributed by atoms with van der Waals surface area (Å²) >= 11 is 0. The van der Waals surface area contributed by atoms with Crippen LogP contribution in [-0.4, -0.2) is 23.7 Å². The molecule has 3 atom stereocenters. The topological polar surface area (TPSA) is 32.8 Å². The Labute approximate surface area is 105 Å². The molecule has 4 heteroatoms. The highest BCUT2D eigenvalue weighted by Crippen LogP contribution is 2.45. The lowest BCUT2D eigenvalue weighted by molar-refractivity contribution is -0.0829. The maximum absolute atomic E-state index is 13.9. The van der Waals surface area contributed by atoms with Gasteiger partial charge in [0.05, 0.1) is 18.6 Å². The van der Waals surface area contributed by atoms with Crippen molar-refractivity contribution in [1.82, 2.24) is 0 Å². The molecule has 1 aromatic rings. The zero-order valence-corrected chi connectivity index (χ0v) is 9.98. The first-order valence-corrected chi connectivity index (χ1v) is 6.33. The van der Waals surface area contributed by atoms with Gasteiger partial charge < -0.3 is 9.84 Å². The molecule has 98 valence electrons. The normalized spacial score (nSPS) is 34.3. The van der Waals surface area contributed by atoms with E-state index >= 15 is 0 Å². The largest absolute Gasteiger partial charge is 0.393 e. The molecule has 1 saturated heterocycles. The van der Waals surface area contributed by atoms with Crippen LogP contribution in [0.3, 0.4) is 0 Å². The van der Waals surface area contributed by atoms with Gasteiger partial charge in [0, 0.05) is 6.42 Å². The molecule has 2 aliphatic rings. The lowest BCUT2D eigenvalue weighted by Gasteiger charge is -2.34. The Hall–Kier alpha value is -1.00. The molecule has 0 bridgehead atoms. The number of hydrogen-bond donors (Lipinski definition) is 1. The fourth-order valence-corrected chi connectivity index (χ4v) is 2.69. The molecule has 0 amide bonds. The maximum atomic E-state index is 13.9. The van der Waals surface area contributed by atoms with Crippen molar-refractivity contribution < 1.29 is 18.6 Å². The molecule has 1 heterocycles. The Morgan fingerprint density at radius 1 is 1.28 bits per heavy atom. The molecule has 1 N–H and O–H groups in total. The highest BCUT2D eigenvalue weighted by atomic mass is 19.3. The summed E-state index contributed by atoms with van der Waals surface area (Å²) in [4.78, 5) is 0. The minimum Gasteiger partial charge on any atom is -0.393 e. The van der Waals surface area contributed by atoms with Crippen molar-refractivity contribution in [1.29, 1.82) is 0 Å². The van der Waals surface area contributed by atoms with Crippen LogP contribution in [0.15, 0.2) is 24.3 Å². The smallest absolute Gasteiger partial charge is 0.255 e. The van der Waals surface area contributed by atoms with Crippen LogP contribution < -0.4 is 0 Å². The van der Waals surface area contributed by atoms with E-state index in [-0.39, 0.29) is 25.4 Å². The summed E-state index contributed by atoms with van der Waals surface area (Å²) in [6.07, 6.45) is -0.442. The lowest BCUT2D eigenvalue weighted by atomic mass is 9.79.